The molecule has 2 fully saturated rings. The number of carboxylic acid groups (broad SMARTS) is 1. The van der Waals surface area contributed by atoms with E-state index in [0.29, 0.717) is 6.04 Å². The van der Waals surface area contributed by atoms with Crippen LogP contribution in [0, 0.1) is 5.92 Å². The van der Waals surface area contributed by atoms with E-state index in [1.807, 2.05) is 0 Å². The summed E-state index contributed by atoms with van der Waals surface area (Å²) in [6.07, 6.45) is 3.18. The molecule has 0 saturated carbocycles. The number of rotatable bonds is 2. The van der Waals surface area contributed by atoms with Crippen LogP contribution in [0.1, 0.15) is 33.1 Å². The maximum Gasteiger partial charge on any atom is 0.312 e. The molecule has 0 radical (unpaired) electrons. The summed E-state index contributed by atoms with van der Waals surface area (Å²) < 4.78 is 1.10. The number of piperidine rings is 1. The number of carbonyl (C=O) groups is 1. The summed E-state index contributed by atoms with van der Waals surface area (Å²) in [5.41, 5.74) is 0. The first-order valence-electron chi connectivity index (χ1n) is 5.71. The van der Waals surface area contributed by atoms with Gasteiger partial charge in [0.25, 0.3) is 0 Å². The van der Waals surface area contributed by atoms with E-state index in [0.717, 1.165) is 29.9 Å². The van der Waals surface area contributed by atoms with E-state index in [1.165, 1.54) is 13.0 Å². The fourth-order valence-corrected chi connectivity index (χ4v) is 3.51. The number of nitrogens with zero attached hydrogens (tertiary/aromatic N) is 1. The molecule has 2 saturated heterocycles. The number of carboxylic acids is 1. The molecule has 2 rings (SSSR count). The van der Waals surface area contributed by atoms with Gasteiger partial charge in [0.15, 0.2) is 0 Å². The minimum atomic E-state index is -0.587. The summed E-state index contributed by atoms with van der Waals surface area (Å²) in [4.78, 5) is 11.0. The van der Waals surface area contributed by atoms with Gasteiger partial charge in [0.1, 0.15) is 18.0 Å². The normalized spacial score (nSPS) is 46.6. The third-order valence-electron chi connectivity index (χ3n) is 4.39. The highest BCUT2D eigenvalue weighted by Gasteiger charge is 2.63. The lowest BCUT2D eigenvalue weighted by atomic mass is 9.98. The minimum Gasteiger partial charge on any atom is -0.481 e. The Morgan fingerprint density at radius 3 is 2.79 bits per heavy atom. The first-order valence-corrected chi connectivity index (χ1v) is 5.71. The second kappa shape index (κ2) is 3.23. The molecule has 2 heterocycles. The molecule has 3 heteroatoms. The van der Waals surface area contributed by atoms with Gasteiger partial charge in [-0.05, 0) is 19.8 Å². The highest BCUT2D eigenvalue weighted by atomic mass is 16.4. The maximum atomic E-state index is 11.0. The van der Waals surface area contributed by atoms with Crippen LogP contribution in [0.2, 0.25) is 0 Å². The zero-order valence-corrected chi connectivity index (χ0v) is 9.07. The van der Waals surface area contributed by atoms with Gasteiger partial charge in [0.05, 0.1) is 13.1 Å². The van der Waals surface area contributed by atoms with Crippen molar-refractivity contribution in [3.8, 4) is 0 Å². The molecule has 14 heavy (non-hydrogen) atoms. The van der Waals surface area contributed by atoms with Crippen LogP contribution in [0.3, 0.4) is 0 Å². The van der Waals surface area contributed by atoms with E-state index in [9.17, 15) is 4.79 Å². The fourth-order valence-electron chi connectivity index (χ4n) is 3.51. The van der Waals surface area contributed by atoms with Gasteiger partial charge in [-0.1, -0.05) is 6.92 Å². The van der Waals surface area contributed by atoms with Crippen LogP contribution in [0.15, 0.2) is 0 Å². The Balaban J connectivity index is 2.05. The molecule has 4 unspecified atom stereocenters. The topological polar surface area (TPSA) is 37.3 Å². The van der Waals surface area contributed by atoms with Crippen molar-refractivity contribution >= 4 is 5.97 Å². The highest BCUT2D eigenvalue weighted by molar-refractivity contribution is 5.70. The summed E-state index contributed by atoms with van der Waals surface area (Å²) in [6, 6.07) is 1.46. The molecule has 0 bridgehead atoms. The summed E-state index contributed by atoms with van der Waals surface area (Å²) in [5, 5.41) is 9.03. The van der Waals surface area contributed by atoms with Gasteiger partial charge >= 0.3 is 5.97 Å². The maximum absolute atomic E-state index is 11.0. The predicted molar refractivity (Wildman–Crippen MR) is 53.9 cm³/mol. The van der Waals surface area contributed by atoms with Crippen molar-refractivity contribution in [2.24, 2.45) is 5.92 Å². The van der Waals surface area contributed by atoms with Crippen LogP contribution in [-0.4, -0.2) is 40.7 Å². The number of quaternary nitrogens is 1. The molecular formula is C11H20NO2+. The van der Waals surface area contributed by atoms with Gasteiger partial charge in [0.2, 0.25) is 0 Å². The molecule has 2 aliphatic rings. The van der Waals surface area contributed by atoms with Gasteiger partial charge in [0, 0.05) is 6.42 Å². The molecule has 80 valence electrons. The zero-order chi connectivity index (χ0) is 10.3. The van der Waals surface area contributed by atoms with Crippen molar-refractivity contribution < 1.29 is 14.4 Å². The molecule has 4 atom stereocenters. The van der Waals surface area contributed by atoms with Crippen LogP contribution in [0.5, 0.6) is 0 Å². The Morgan fingerprint density at radius 1 is 1.57 bits per heavy atom. The Labute approximate surface area is 85.3 Å². The summed E-state index contributed by atoms with van der Waals surface area (Å²) >= 11 is 0. The van der Waals surface area contributed by atoms with Gasteiger partial charge in [-0.3, -0.25) is 4.79 Å². The van der Waals surface area contributed by atoms with Crippen LogP contribution < -0.4 is 0 Å². The molecule has 0 aromatic rings. The average Bonchev–Trinajstić information content (AvgIpc) is 2.70. The van der Waals surface area contributed by atoms with Crippen molar-refractivity contribution in [2.75, 3.05) is 13.1 Å². The molecule has 0 aromatic carbocycles. The predicted octanol–water partition coefficient (Wildman–Crippen LogP) is 1.48. The third-order valence-corrected chi connectivity index (χ3v) is 4.39. The molecule has 0 amide bonds. The lowest BCUT2D eigenvalue weighted by Crippen LogP contribution is -2.43. The Hall–Kier alpha value is -0.570. The van der Waals surface area contributed by atoms with E-state index in [1.54, 1.807) is 0 Å². The second-order valence-corrected chi connectivity index (χ2v) is 4.90. The SMILES string of the molecule is CCC1C(C)[N+]12CCCC(C(=O)O)C2. The van der Waals surface area contributed by atoms with Crippen molar-refractivity contribution in [3.05, 3.63) is 0 Å². The first kappa shape index (κ1) is 9.97. The zero-order valence-electron chi connectivity index (χ0n) is 9.07. The molecule has 3 nitrogen and oxygen atoms in total. The van der Waals surface area contributed by atoms with Crippen LogP contribution in [0.25, 0.3) is 0 Å². The van der Waals surface area contributed by atoms with E-state index in [-0.39, 0.29) is 5.92 Å². The fraction of sp³-hybridized carbons (Fsp3) is 0.909. The quantitative estimate of drug-likeness (QED) is 0.539. The Morgan fingerprint density at radius 2 is 2.29 bits per heavy atom. The first-order chi connectivity index (χ1) is 6.62. The van der Waals surface area contributed by atoms with E-state index in [4.69, 9.17) is 5.11 Å². The average molecular weight is 198 g/mol. The molecule has 1 N–H and O–H groups in total. The Kier molecular flexibility index (Phi) is 2.30. The standard InChI is InChI=1S/C11H19NO2/c1-3-10-8(2)12(10)6-4-5-9(7-12)11(13)14/h8-10H,3-7H2,1-2H3/p+1. The molecule has 1 spiro atoms. The monoisotopic (exact) mass is 198 g/mol. The van der Waals surface area contributed by atoms with E-state index < -0.39 is 5.97 Å². The van der Waals surface area contributed by atoms with E-state index >= 15 is 0 Å². The van der Waals surface area contributed by atoms with Crippen molar-refractivity contribution in [2.45, 2.75) is 45.2 Å². The largest absolute Gasteiger partial charge is 0.481 e. The summed E-state index contributed by atoms with van der Waals surface area (Å²) in [6.45, 7) is 6.59. The Bertz CT molecular complexity index is 254. The van der Waals surface area contributed by atoms with E-state index in [2.05, 4.69) is 13.8 Å². The molecule has 2 aliphatic heterocycles. The molecule has 0 aliphatic carbocycles. The van der Waals surface area contributed by atoms with Crippen molar-refractivity contribution in [3.63, 3.8) is 0 Å². The van der Waals surface area contributed by atoms with Gasteiger partial charge < -0.3 is 9.59 Å². The molecule has 0 aromatic heterocycles. The van der Waals surface area contributed by atoms with Crippen LogP contribution in [-0.2, 0) is 4.79 Å². The number of aliphatic carboxylic acids is 1. The van der Waals surface area contributed by atoms with Crippen LogP contribution >= 0.6 is 0 Å². The highest BCUT2D eigenvalue weighted by Crippen LogP contribution is 2.45. The summed E-state index contributed by atoms with van der Waals surface area (Å²) in [5.74, 6) is -0.668. The second-order valence-electron chi connectivity index (χ2n) is 4.90. The third kappa shape index (κ3) is 1.26. The van der Waals surface area contributed by atoms with Crippen LogP contribution in [0.4, 0.5) is 0 Å². The number of hydrogen-bond donors (Lipinski definition) is 1. The minimum absolute atomic E-state index is 0.0808. The lowest BCUT2D eigenvalue weighted by Gasteiger charge is -2.30. The van der Waals surface area contributed by atoms with Gasteiger partial charge in [-0.25, -0.2) is 0 Å². The van der Waals surface area contributed by atoms with Gasteiger partial charge in [-0.15, -0.1) is 0 Å². The summed E-state index contributed by atoms with van der Waals surface area (Å²) in [7, 11) is 0. The molecular weight excluding hydrogens is 178 g/mol. The lowest BCUT2D eigenvalue weighted by molar-refractivity contribution is -0.834. The number of hydrogen-bond acceptors (Lipinski definition) is 1. The van der Waals surface area contributed by atoms with Crippen molar-refractivity contribution in [1.82, 2.24) is 0 Å². The van der Waals surface area contributed by atoms with Crippen molar-refractivity contribution in [1.29, 1.82) is 0 Å². The smallest absolute Gasteiger partial charge is 0.312 e. The van der Waals surface area contributed by atoms with Gasteiger partial charge in [-0.2, -0.15) is 0 Å².